The Kier molecular flexibility index (Phi) is 4.73. The van der Waals surface area contributed by atoms with Gasteiger partial charge >= 0.3 is 5.97 Å². The number of nitrogens with one attached hydrogen (secondary N) is 1. The molecule has 0 saturated heterocycles. The molecule has 0 spiro atoms. The summed E-state index contributed by atoms with van der Waals surface area (Å²) < 4.78 is 29.5. The first-order valence-corrected chi connectivity index (χ1v) is 7.45. The van der Waals surface area contributed by atoms with Crippen LogP contribution in [-0.4, -0.2) is 33.3 Å². The first-order valence-electron chi connectivity index (χ1n) is 5.56. The zero-order valence-electron chi connectivity index (χ0n) is 9.73. The predicted molar refractivity (Wildman–Crippen MR) is 60.4 cm³/mol. The lowest BCUT2D eigenvalue weighted by Crippen LogP contribution is -2.38. The molecule has 0 atom stereocenters. The fraction of sp³-hybridized carbons (Fsp3) is 0.900. The summed E-state index contributed by atoms with van der Waals surface area (Å²) in [5, 5.41) is 0. The van der Waals surface area contributed by atoms with E-state index in [0.717, 1.165) is 6.26 Å². The number of esters is 1. The number of hydrogen-bond donors (Lipinski definition) is 1. The van der Waals surface area contributed by atoms with Gasteiger partial charge in [-0.2, -0.15) is 0 Å². The third-order valence-corrected chi connectivity index (χ3v) is 3.49. The van der Waals surface area contributed by atoms with E-state index in [1.807, 2.05) is 0 Å². The normalized spacial score (nSPS) is 26.4. The minimum absolute atomic E-state index is 0.0272. The zero-order valence-corrected chi connectivity index (χ0v) is 10.5. The molecule has 94 valence electrons. The molecule has 1 fully saturated rings. The summed E-state index contributed by atoms with van der Waals surface area (Å²) in [6.07, 6.45) is 3.97. The van der Waals surface area contributed by atoms with Crippen molar-refractivity contribution in [3.63, 3.8) is 0 Å². The second kappa shape index (κ2) is 5.63. The van der Waals surface area contributed by atoms with Crippen LogP contribution in [0.15, 0.2) is 0 Å². The van der Waals surface area contributed by atoms with E-state index in [9.17, 15) is 13.2 Å². The van der Waals surface area contributed by atoms with E-state index in [2.05, 4.69) is 4.72 Å². The van der Waals surface area contributed by atoms with E-state index < -0.39 is 10.0 Å². The van der Waals surface area contributed by atoms with Gasteiger partial charge in [0.25, 0.3) is 0 Å². The molecular formula is C10H19NO4S. The van der Waals surface area contributed by atoms with E-state index in [-0.39, 0.29) is 17.9 Å². The van der Waals surface area contributed by atoms with E-state index in [4.69, 9.17) is 4.74 Å². The Balaban J connectivity index is 2.37. The molecule has 16 heavy (non-hydrogen) atoms. The van der Waals surface area contributed by atoms with Crippen LogP contribution in [0.1, 0.15) is 32.6 Å². The molecule has 6 heteroatoms. The standard InChI is InChI=1S/C10H19NO4S/c1-3-15-10(12)8-4-6-9(7-5-8)11-16(2,13)14/h8-9,11H,3-7H2,1-2H3. The van der Waals surface area contributed by atoms with Crippen molar-refractivity contribution in [2.45, 2.75) is 38.6 Å². The fourth-order valence-electron chi connectivity index (χ4n) is 2.01. The summed E-state index contributed by atoms with van der Waals surface area (Å²) in [5.74, 6) is -0.210. The number of sulfonamides is 1. The summed E-state index contributed by atoms with van der Waals surface area (Å²) in [7, 11) is -3.14. The Morgan fingerprint density at radius 2 is 1.88 bits per heavy atom. The molecule has 5 nitrogen and oxygen atoms in total. The molecule has 1 rings (SSSR count). The quantitative estimate of drug-likeness (QED) is 0.743. The topological polar surface area (TPSA) is 72.5 Å². The monoisotopic (exact) mass is 249 g/mol. The van der Waals surface area contributed by atoms with Crippen LogP contribution in [-0.2, 0) is 19.6 Å². The predicted octanol–water partition coefficient (Wildman–Crippen LogP) is 0.657. The lowest BCUT2D eigenvalue weighted by atomic mass is 9.86. The SMILES string of the molecule is CCOC(=O)C1CCC(NS(C)(=O)=O)CC1. The van der Waals surface area contributed by atoms with Gasteiger partial charge in [-0.25, -0.2) is 13.1 Å². The van der Waals surface area contributed by atoms with Crippen molar-refractivity contribution in [2.24, 2.45) is 5.92 Å². The van der Waals surface area contributed by atoms with Crippen molar-refractivity contribution in [1.82, 2.24) is 4.72 Å². The van der Waals surface area contributed by atoms with E-state index in [1.165, 1.54) is 0 Å². The van der Waals surface area contributed by atoms with Crippen LogP contribution < -0.4 is 4.72 Å². The van der Waals surface area contributed by atoms with Crippen LogP contribution >= 0.6 is 0 Å². The van der Waals surface area contributed by atoms with Crippen LogP contribution in [0.25, 0.3) is 0 Å². The van der Waals surface area contributed by atoms with E-state index in [0.29, 0.717) is 32.3 Å². The molecule has 0 bridgehead atoms. The van der Waals surface area contributed by atoms with Gasteiger partial charge in [-0.15, -0.1) is 0 Å². The van der Waals surface area contributed by atoms with E-state index >= 15 is 0 Å². The van der Waals surface area contributed by atoms with Crippen LogP contribution in [0.3, 0.4) is 0 Å². The smallest absolute Gasteiger partial charge is 0.308 e. The first-order chi connectivity index (χ1) is 7.42. The second-order valence-corrected chi connectivity index (χ2v) is 5.97. The molecule has 1 N–H and O–H groups in total. The first kappa shape index (κ1) is 13.4. The Labute approximate surface area is 96.6 Å². The highest BCUT2D eigenvalue weighted by Crippen LogP contribution is 2.25. The molecule has 0 radical (unpaired) electrons. The molecule has 0 amide bonds. The van der Waals surface area contributed by atoms with Crippen LogP contribution in [0.2, 0.25) is 0 Å². The average molecular weight is 249 g/mol. The lowest BCUT2D eigenvalue weighted by molar-refractivity contribution is -0.149. The molecule has 0 aromatic heterocycles. The fourth-order valence-corrected chi connectivity index (χ4v) is 2.85. The highest BCUT2D eigenvalue weighted by atomic mass is 32.2. The number of carbonyl (C=O) groups is 1. The van der Waals surface area contributed by atoms with Crippen molar-refractivity contribution < 1.29 is 17.9 Å². The number of rotatable bonds is 4. The summed E-state index contributed by atoms with van der Waals surface area (Å²) in [4.78, 5) is 11.4. The zero-order chi connectivity index (χ0) is 12.2. The van der Waals surface area contributed by atoms with Gasteiger partial charge < -0.3 is 4.74 Å². The molecule has 0 aliphatic heterocycles. The van der Waals surface area contributed by atoms with E-state index in [1.54, 1.807) is 6.92 Å². The van der Waals surface area contributed by atoms with Crippen LogP contribution in [0, 0.1) is 5.92 Å². The maximum Gasteiger partial charge on any atom is 0.308 e. The number of carbonyl (C=O) groups excluding carboxylic acids is 1. The van der Waals surface area contributed by atoms with Crippen molar-refractivity contribution in [3.05, 3.63) is 0 Å². The third kappa shape index (κ3) is 4.49. The molecule has 0 unspecified atom stereocenters. The van der Waals surface area contributed by atoms with Gasteiger partial charge in [0.2, 0.25) is 10.0 Å². The molecule has 0 aromatic carbocycles. The lowest BCUT2D eigenvalue weighted by Gasteiger charge is -2.27. The molecule has 1 saturated carbocycles. The second-order valence-electron chi connectivity index (χ2n) is 4.19. The Bertz CT molecular complexity index is 331. The van der Waals surface area contributed by atoms with Gasteiger partial charge in [-0.1, -0.05) is 0 Å². The molecular weight excluding hydrogens is 230 g/mol. The summed E-state index contributed by atoms with van der Waals surface area (Å²) >= 11 is 0. The Morgan fingerprint density at radius 3 is 2.31 bits per heavy atom. The molecule has 1 aliphatic carbocycles. The summed E-state index contributed by atoms with van der Waals surface area (Å²) in [5.41, 5.74) is 0. The molecule has 0 heterocycles. The summed E-state index contributed by atoms with van der Waals surface area (Å²) in [6.45, 7) is 2.19. The van der Waals surface area contributed by atoms with Gasteiger partial charge in [-0.3, -0.25) is 4.79 Å². The van der Waals surface area contributed by atoms with Crippen molar-refractivity contribution >= 4 is 16.0 Å². The maximum atomic E-state index is 11.4. The van der Waals surface area contributed by atoms with Crippen molar-refractivity contribution in [2.75, 3.05) is 12.9 Å². The van der Waals surface area contributed by atoms with Gasteiger partial charge in [0.05, 0.1) is 18.8 Å². The summed E-state index contributed by atoms with van der Waals surface area (Å²) in [6, 6.07) is -0.0272. The van der Waals surface area contributed by atoms with Crippen LogP contribution in [0.4, 0.5) is 0 Å². The Morgan fingerprint density at radius 1 is 1.31 bits per heavy atom. The van der Waals surface area contributed by atoms with Gasteiger partial charge in [0.15, 0.2) is 0 Å². The largest absolute Gasteiger partial charge is 0.466 e. The molecule has 1 aliphatic rings. The minimum Gasteiger partial charge on any atom is -0.466 e. The van der Waals surface area contributed by atoms with Gasteiger partial charge in [0, 0.05) is 6.04 Å². The highest BCUT2D eigenvalue weighted by molar-refractivity contribution is 7.88. The average Bonchev–Trinajstić information content (AvgIpc) is 2.16. The minimum atomic E-state index is -3.14. The maximum absolute atomic E-state index is 11.4. The third-order valence-electron chi connectivity index (χ3n) is 2.73. The van der Waals surface area contributed by atoms with Crippen molar-refractivity contribution in [1.29, 1.82) is 0 Å². The van der Waals surface area contributed by atoms with Gasteiger partial charge in [-0.05, 0) is 32.6 Å². The van der Waals surface area contributed by atoms with Crippen LogP contribution in [0.5, 0.6) is 0 Å². The Hall–Kier alpha value is -0.620. The van der Waals surface area contributed by atoms with Gasteiger partial charge in [0.1, 0.15) is 0 Å². The highest BCUT2D eigenvalue weighted by Gasteiger charge is 2.28. The molecule has 0 aromatic rings. The number of hydrogen-bond acceptors (Lipinski definition) is 4. The van der Waals surface area contributed by atoms with Crippen molar-refractivity contribution in [3.8, 4) is 0 Å². The number of ether oxygens (including phenoxy) is 1.